The minimum absolute atomic E-state index is 0.374. The smallest absolute Gasteiger partial charge is 0.0526 e. The van der Waals surface area contributed by atoms with E-state index < -0.39 is 10.8 Å². The van der Waals surface area contributed by atoms with Gasteiger partial charge in [-0.05, 0) is 44.1 Å². The van der Waals surface area contributed by atoms with E-state index in [1.54, 1.807) is 0 Å². The van der Waals surface area contributed by atoms with E-state index in [4.69, 9.17) is 0 Å². The van der Waals surface area contributed by atoms with Gasteiger partial charge in [0.25, 0.3) is 0 Å². The maximum atomic E-state index is 12.5. The molecule has 1 rings (SSSR count). The molecule has 3 heteroatoms. The third-order valence-electron chi connectivity index (χ3n) is 4.05. The van der Waals surface area contributed by atoms with Gasteiger partial charge in [0.05, 0.1) is 5.25 Å². The topological polar surface area (TPSA) is 29.1 Å². The summed E-state index contributed by atoms with van der Waals surface area (Å²) in [5.41, 5.74) is 0. The van der Waals surface area contributed by atoms with E-state index in [9.17, 15) is 4.21 Å². The Morgan fingerprint density at radius 3 is 2.50 bits per heavy atom. The molecule has 0 bridgehead atoms. The van der Waals surface area contributed by atoms with Gasteiger partial charge >= 0.3 is 0 Å². The van der Waals surface area contributed by atoms with Crippen molar-refractivity contribution in [1.82, 2.24) is 5.32 Å². The lowest BCUT2D eigenvalue weighted by Gasteiger charge is -2.39. The first-order chi connectivity index (χ1) is 8.60. The zero-order valence-electron chi connectivity index (χ0n) is 12.6. The predicted octanol–water partition coefficient (Wildman–Crippen LogP) is 3.34. The minimum atomic E-state index is -0.647. The van der Waals surface area contributed by atoms with E-state index in [1.807, 2.05) is 0 Å². The monoisotopic (exact) mass is 273 g/mol. The molecule has 0 aromatic heterocycles. The highest BCUT2D eigenvalue weighted by Gasteiger charge is 2.36. The first-order valence-electron chi connectivity index (χ1n) is 7.70. The van der Waals surface area contributed by atoms with Crippen LogP contribution < -0.4 is 5.32 Å². The lowest BCUT2D eigenvalue weighted by atomic mass is 9.80. The zero-order chi connectivity index (χ0) is 13.5. The summed E-state index contributed by atoms with van der Waals surface area (Å²) in [5, 5.41) is 4.02. The van der Waals surface area contributed by atoms with Gasteiger partial charge in [-0.25, -0.2) is 0 Å². The summed E-state index contributed by atoms with van der Waals surface area (Å²) in [6, 6.07) is 0.474. The number of rotatable bonds is 7. The Hall–Kier alpha value is 0.110. The Bertz CT molecular complexity index is 257. The van der Waals surface area contributed by atoms with Crippen molar-refractivity contribution < 1.29 is 4.21 Å². The van der Waals surface area contributed by atoms with Crippen LogP contribution in [0, 0.1) is 11.8 Å². The molecule has 0 aromatic carbocycles. The highest BCUT2D eigenvalue weighted by Crippen LogP contribution is 2.32. The molecule has 1 aliphatic carbocycles. The molecule has 5 atom stereocenters. The maximum Gasteiger partial charge on any atom is 0.0526 e. The van der Waals surface area contributed by atoms with Gasteiger partial charge in [-0.1, -0.05) is 34.1 Å². The summed E-state index contributed by atoms with van der Waals surface area (Å²) < 4.78 is 12.5. The molecule has 0 heterocycles. The van der Waals surface area contributed by atoms with Gasteiger partial charge in [-0.2, -0.15) is 0 Å². The van der Waals surface area contributed by atoms with E-state index in [-0.39, 0.29) is 0 Å². The quantitative estimate of drug-likeness (QED) is 0.771. The Kier molecular flexibility index (Phi) is 7.47. The van der Waals surface area contributed by atoms with Crippen LogP contribution in [-0.2, 0) is 10.8 Å². The lowest BCUT2D eigenvalue weighted by Crippen LogP contribution is -2.50. The highest BCUT2D eigenvalue weighted by molar-refractivity contribution is 7.85. The van der Waals surface area contributed by atoms with Gasteiger partial charge in [-0.15, -0.1) is 0 Å². The fourth-order valence-electron chi connectivity index (χ4n) is 3.22. The van der Waals surface area contributed by atoms with Crippen molar-refractivity contribution in [2.24, 2.45) is 11.8 Å². The molecule has 0 aromatic rings. The summed E-state index contributed by atoms with van der Waals surface area (Å²) in [5.74, 6) is 2.26. The van der Waals surface area contributed by atoms with Gasteiger partial charge in [0, 0.05) is 22.6 Å². The van der Waals surface area contributed by atoms with Crippen molar-refractivity contribution in [2.45, 2.75) is 71.1 Å². The van der Waals surface area contributed by atoms with Crippen LogP contribution >= 0.6 is 0 Å². The number of nitrogens with one attached hydrogen (secondary N) is 1. The molecule has 0 radical (unpaired) electrons. The molecular formula is C15H31NOS. The van der Waals surface area contributed by atoms with E-state index in [0.29, 0.717) is 17.2 Å². The Morgan fingerprint density at radius 1 is 1.17 bits per heavy atom. The van der Waals surface area contributed by atoms with Crippen LogP contribution in [0.1, 0.15) is 59.8 Å². The highest BCUT2D eigenvalue weighted by atomic mass is 32.2. The van der Waals surface area contributed by atoms with Crippen molar-refractivity contribution in [2.75, 3.05) is 12.3 Å². The summed E-state index contributed by atoms with van der Waals surface area (Å²) in [6.07, 6.45) is 5.86. The molecule has 1 N–H and O–H groups in total. The molecule has 2 nitrogen and oxygen atoms in total. The largest absolute Gasteiger partial charge is 0.313 e. The number of hydrogen-bond donors (Lipinski definition) is 1. The van der Waals surface area contributed by atoms with E-state index in [2.05, 4.69) is 33.0 Å². The van der Waals surface area contributed by atoms with Crippen molar-refractivity contribution in [3.8, 4) is 0 Å². The average Bonchev–Trinajstić information content (AvgIpc) is 2.32. The zero-order valence-corrected chi connectivity index (χ0v) is 13.4. The molecule has 0 amide bonds. The Morgan fingerprint density at radius 2 is 1.89 bits per heavy atom. The molecule has 5 unspecified atom stereocenters. The van der Waals surface area contributed by atoms with Crippen LogP contribution in [0.25, 0.3) is 0 Å². The van der Waals surface area contributed by atoms with Crippen LogP contribution in [0.3, 0.4) is 0 Å². The van der Waals surface area contributed by atoms with Crippen LogP contribution in [0.4, 0.5) is 0 Å². The van der Waals surface area contributed by atoms with Crippen LogP contribution in [-0.4, -0.2) is 27.8 Å². The van der Waals surface area contributed by atoms with E-state index >= 15 is 0 Å². The predicted molar refractivity (Wildman–Crippen MR) is 81.3 cm³/mol. The third-order valence-corrected chi connectivity index (χ3v) is 6.14. The molecule has 1 saturated carbocycles. The second-order valence-electron chi connectivity index (χ2n) is 6.02. The molecule has 108 valence electrons. The fraction of sp³-hybridized carbons (Fsp3) is 1.00. The van der Waals surface area contributed by atoms with E-state index in [1.165, 1.54) is 12.8 Å². The van der Waals surface area contributed by atoms with Gasteiger partial charge in [0.1, 0.15) is 0 Å². The van der Waals surface area contributed by atoms with Gasteiger partial charge in [0.2, 0.25) is 0 Å². The fourth-order valence-corrected chi connectivity index (χ4v) is 5.27. The normalized spacial score (nSPS) is 34.4. The standard InChI is InChI=1S/C15H31NOS/c1-5-7-9-18(17)15-13(4)10-12(3)11-14(15)16-8-6-2/h12-16H,5-11H2,1-4H3. The lowest BCUT2D eigenvalue weighted by molar-refractivity contribution is 0.246. The second kappa shape index (κ2) is 8.31. The SMILES string of the molecule is CCCCS(=O)C1C(C)CC(C)CC1NCCC. The van der Waals surface area contributed by atoms with E-state index in [0.717, 1.165) is 37.5 Å². The van der Waals surface area contributed by atoms with Crippen LogP contribution in [0.2, 0.25) is 0 Å². The first kappa shape index (κ1) is 16.2. The molecule has 1 aliphatic rings. The minimum Gasteiger partial charge on any atom is -0.313 e. The summed E-state index contributed by atoms with van der Waals surface area (Å²) in [7, 11) is -0.647. The van der Waals surface area contributed by atoms with Crippen LogP contribution in [0.5, 0.6) is 0 Å². The molecular weight excluding hydrogens is 242 g/mol. The molecule has 0 saturated heterocycles. The number of hydrogen-bond acceptors (Lipinski definition) is 2. The van der Waals surface area contributed by atoms with Gasteiger partial charge < -0.3 is 5.32 Å². The maximum absolute atomic E-state index is 12.5. The molecule has 0 spiro atoms. The van der Waals surface area contributed by atoms with Crippen LogP contribution in [0.15, 0.2) is 0 Å². The van der Waals surface area contributed by atoms with Crippen molar-refractivity contribution in [3.63, 3.8) is 0 Å². The molecule has 18 heavy (non-hydrogen) atoms. The van der Waals surface area contributed by atoms with Gasteiger partial charge in [-0.3, -0.25) is 4.21 Å². The Labute approximate surface area is 116 Å². The average molecular weight is 273 g/mol. The second-order valence-corrected chi connectivity index (χ2v) is 7.73. The van der Waals surface area contributed by atoms with Crippen molar-refractivity contribution >= 4 is 10.8 Å². The summed E-state index contributed by atoms with van der Waals surface area (Å²) in [4.78, 5) is 0. The third kappa shape index (κ3) is 4.65. The summed E-state index contributed by atoms with van der Waals surface area (Å²) in [6.45, 7) is 10.1. The summed E-state index contributed by atoms with van der Waals surface area (Å²) >= 11 is 0. The van der Waals surface area contributed by atoms with Gasteiger partial charge in [0.15, 0.2) is 0 Å². The molecule has 1 fully saturated rings. The Balaban J connectivity index is 2.64. The van der Waals surface area contributed by atoms with Crippen molar-refractivity contribution in [3.05, 3.63) is 0 Å². The number of unbranched alkanes of at least 4 members (excludes halogenated alkanes) is 1. The first-order valence-corrected chi connectivity index (χ1v) is 9.08. The molecule has 0 aliphatic heterocycles. The van der Waals surface area contributed by atoms with Crippen molar-refractivity contribution in [1.29, 1.82) is 0 Å².